The van der Waals surface area contributed by atoms with Gasteiger partial charge in [0.2, 0.25) is 5.95 Å². The number of aryl methyl sites for hydroxylation is 1. The van der Waals surface area contributed by atoms with Crippen LogP contribution in [0.2, 0.25) is 0 Å². The van der Waals surface area contributed by atoms with Gasteiger partial charge >= 0.3 is 0 Å². The molecule has 3 aromatic rings. The summed E-state index contributed by atoms with van der Waals surface area (Å²) in [7, 11) is 4.14. The summed E-state index contributed by atoms with van der Waals surface area (Å²) in [5.41, 5.74) is 6.34. The molecular weight excluding hydrogens is 386 g/mol. The molecule has 1 N–H and O–H groups in total. The molecule has 7 heteroatoms. The first kappa shape index (κ1) is 19.7. The van der Waals surface area contributed by atoms with Gasteiger partial charge in [-0.05, 0) is 63.9 Å². The molecule has 0 bridgehead atoms. The number of benzene rings is 1. The summed E-state index contributed by atoms with van der Waals surface area (Å²) in [6, 6.07) is 10.8. The zero-order chi connectivity index (χ0) is 21.4. The minimum Gasteiger partial charge on any atom is -0.324 e. The molecule has 5 rings (SSSR count). The lowest BCUT2D eigenvalue weighted by atomic mass is 10.1. The van der Waals surface area contributed by atoms with Crippen LogP contribution < -0.4 is 5.32 Å². The van der Waals surface area contributed by atoms with E-state index in [0.717, 1.165) is 61.3 Å². The fourth-order valence-electron chi connectivity index (χ4n) is 4.25. The van der Waals surface area contributed by atoms with E-state index in [9.17, 15) is 5.26 Å². The first-order valence-electron chi connectivity index (χ1n) is 10.9. The Kier molecular flexibility index (Phi) is 4.95. The number of anilines is 2. The lowest BCUT2D eigenvalue weighted by Crippen LogP contribution is -2.10. The van der Waals surface area contributed by atoms with Crippen molar-refractivity contribution in [2.45, 2.75) is 45.2 Å². The standard InChI is InChI=1S/C24H27N7/c1-30(2)13-17-6-8-19(9-7-17)27-23-28-21-5-3-4-20(21)22(29-23)18-12-26-31(14-18)16-24(15-25)10-11-24/h6-9,12,14H,3-5,10-11,13,16H2,1-2H3,(H,27,28,29). The van der Waals surface area contributed by atoms with E-state index < -0.39 is 0 Å². The number of rotatable bonds is 7. The Morgan fingerprint density at radius 3 is 2.68 bits per heavy atom. The van der Waals surface area contributed by atoms with Gasteiger partial charge in [-0.1, -0.05) is 12.1 Å². The number of nitrogens with zero attached hydrogens (tertiary/aromatic N) is 6. The predicted octanol–water partition coefficient (Wildman–Crippen LogP) is 3.94. The van der Waals surface area contributed by atoms with Crippen LogP contribution in [0, 0.1) is 16.7 Å². The Morgan fingerprint density at radius 2 is 1.97 bits per heavy atom. The number of aromatic nitrogens is 4. The second-order valence-electron chi connectivity index (χ2n) is 9.05. The number of nitriles is 1. The van der Waals surface area contributed by atoms with Crippen LogP contribution in [0.1, 0.15) is 36.1 Å². The third kappa shape index (κ3) is 4.17. The highest BCUT2D eigenvalue weighted by atomic mass is 15.3. The smallest absolute Gasteiger partial charge is 0.228 e. The van der Waals surface area contributed by atoms with Crippen molar-refractivity contribution in [1.82, 2.24) is 24.6 Å². The van der Waals surface area contributed by atoms with Gasteiger partial charge in [0.05, 0.1) is 29.9 Å². The van der Waals surface area contributed by atoms with E-state index in [-0.39, 0.29) is 5.41 Å². The molecule has 0 saturated heterocycles. The third-order valence-corrected chi connectivity index (χ3v) is 6.10. The van der Waals surface area contributed by atoms with Gasteiger partial charge < -0.3 is 10.2 Å². The van der Waals surface area contributed by atoms with Crippen LogP contribution in [0.15, 0.2) is 36.7 Å². The molecule has 31 heavy (non-hydrogen) atoms. The molecule has 0 amide bonds. The van der Waals surface area contributed by atoms with Crippen LogP contribution in [0.3, 0.4) is 0 Å². The van der Waals surface area contributed by atoms with Crippen molar-refractivity contribution >= 4 is 11.6 Å². The van der Waals surface area contributed by atoms with Crippen LogP contribution in [0.5, 0.6) is 0 Å². The Hall–Kier alpha value is -3.24. The molecular formula is C24H27N7. The summed E-state index contributed by atoms with van der Waals surface area (Å²) < 4.78 is 1.89. The second-order valence-corrected chi connectivity index (χ2v) is 9.05. The molecule has 0 radical (unpaired) electrons. The first-order valence-corrected chi connectivity index (χ1v) is 10.9. The lowest BCUT2D eigenvalue weighted by molar-refractivity contribution is 0.402. The van der Waals surface area contributed by atoms with E-state index in [2.05, 4.69) is 59.7 Å². The third-order valence-electron chi connectivity index (χ3n) is 6.10. The van der Waals surface area contributed by atoms with Crippen molar-refractivity contribution in [2.75, 3.05) is 19.4 Å². The van der Waals surface area contributed by atoms with Crippen molar-refractivity contribution in [3.8, 4) is 17.3 Å². The molecule has 2 heterocycles. The zero-order valence-corrected chi connectivity index (χ0v) is 18.1. The van der Waals surface area contributed by atoms with Gasteiger partial charge in [-0.3, -0.25) is 4.68 Å². The number of hydrogen-bond acceptors (Lipinski definition) is 6. The van der Waals surface area contributed by atoms with Gasteiger partial charge in [0, 0.05) is 35.2 Å². The van der Waals surface area contributed by atoms with Gasteiger partial charge in [-0.2, -0.15) is 10.4 Å². The highest BCUT2D eigenvalue weighted by molar-refractivity contribution is 5.66. The molecule has 0 spiro atoms. The molecule has 1 aromatic carbocycles. The van der Waals surface area contributed by atoms with Gasteiger partial charge in [0.1, 0.15) is 0 Å². The maximum absolute atomic E-state index is 9.38. The van der Waals surface area contributed by atoms with Crippen LogP contribution in [0.25, 0.3) is 11.3 Å². The predicted molar refractivity (Wildman–Crippen MR) is 120 cm³/mol. The normalized spacial score (nSPS) is 16.2. The molecule has 0 aliphatic heterocycles. The van der Waals surface area contributed by atoms with E-state index in [1.807, 2.05) is 17.1 Å². The summed E-state index contributed by atoms with van der Waals surface area (Å²) in [4.78, 5) is 11.8. The summed E-state index contributed by atoms with van der Waals surface area (Å²) in [6.07, 6.45) is 8.90. The highest BCUT2D eigenvalue weighted by Gasteiger charge is 2.43. The Balaban J connectivity index is 1.40. The van der Waals surface area contributed by atoms with Crippen LogP contribution in [0.4, 0.5) is 11.6 Å². The summed E-state index contributed by atoms with van der Waals surface area (Å²) in [6.45, 7) is 1.57. The molecule has 7 nitrogen and oxygen atoms in total. The molecule has 1 fully saturated rings. The van der Waals surface area contributed by atoms with Crippen molar-refractivity contribution in [2.24, 2.45) is 5.41 Å². The fourth-order valence-corrected chi connectivity index (χ4v) is 4.25. The minimum absolute atomic E-state index is 0.220. The highest BCUT2D eigenvalue weighted by Crippen LogP contribution is 2.46. The monoisotopic (exact) mass is 413 g/mol. The number of nitrogens with one attached hydrogen (secondary N) is 1. The number of hydrogen-bond donors (Lipinski definition) is 1. The van der Waals surface area contributed by atoms with Crippen molar-refractivity contribution in [1.29, 1.82) is 5.26 Å². The van der Waals surface area contributed by atoms with E-state index in [0.29, 0.717) is 12.5 Å². The number of fused-ring (bicyclic) bond motifs is 1. The zero-order valence-electron chi connectivity index (χ0n) is 18.1. The van der Waals surface area contributed by atoms with Crippen molar-refractivity contribution < 1.29 is 0 Å². The van der Waals surface area contributed by atoms with Gasteiger partial charge in [-0.15, -0.1) is 0 Å². The van der Waals surface area contributed by atoms with Crippen LogP contribution in [-0.4, -0.2) is 38.7 Å². The fraction of sp³-hybridized carbons (Fsp3) is 0.417. The molecule has 0 unspecified atom stereocenters. The lowest BCUT2D eigenvalue weighted by Gasteiger charge is -2.12. The molecule has 2 aromatic heterocycles. The Morgan fingerprint density at radius 1 is 1.16 bits per heavy atom. The van der Waals surface area contributed by atoms with E-state index in [1.165, 1.54) is 11.1 Å². The molecule has 158 valence electrons. The molecule has 0 atom stereocenters. The first-order chi connectivity index (χ1) is 15.0. The van der Waals surface area contributed by atoms with E-state index >= 15 is 0 Å². The summed E-state index contributed by atoms with van der Waals surface area (Å²) >= 11 is 0. The van der Waals surface area contributed by atoms with E-state index in [1.54, 1.807) is 0 Å². The average Bonchev–Trinajstić information content (AvgIpc) is 3.13. The second kappa shape index (κ2) is 7.78. The van der Waals surface area contributed by atoms with Crippen molar-refractivity contribution in [3.63, 3.8) is 0 Å². The molecule has 1 saturated carbocycles. The van der Waals surface area contributed by atoms with Gasteiger partial charge in [0.15, 0.2) is 0 Å². The molecule has 2 aliphatic rings. The summed E-state index contributed by atoms with van der Waals surface area (Å²) in [5, 5.41) is 17.3. The SMILES string of the molecule is CN(C)Cc1ccc(Nc2nc3c(c(-c4cnn(CC5(C#N)CC5)c4)n2)CCC3)cc1. The van der Waals surface area contributed by atoms with Crippen LogP contribution >= 0.6 is 0 Å². The Labute approximate surface area is 182 Å². The maximum atomic E-state index is 9.38. The quantitative estimate of drug-likeness (QED) is 0.632. The largest absolute Gasteiger partial charge is 0.324 e. The maximum Gasteiger partial charge on any atom is 0.228 e. The average molecular weight is 414 g/mol. The van der Waals surface area contributed by atoms with Gasteiger partial charge in [0.25, 0.3) is 0 Å². The minimum atomic E-state index is -0.220. The van der Waals surface area contributed by atoms with Crippen LogP contribution in [-0.2, 0) is 25.9 Å². The Bertz CT molecular complexity index is 1130. The van der Waals surface area contributed by atoms with E-state index in [4.69, 9.17) is 9.97 Å². The topological polar surface area (TPSA) is 82.7 Å². The van der Waals surface area contributed by atoms with Gasteiger partial charge in [-0.25, -0.2) is 9.97 Å². The van der Waals surface area contributed by atoms with Crippen molar-refractivity contribution in [3.05, 3.63) is 53.5 Å². The summed E-state index contributed by atoms with van der Waals surface area (Å²) in [5.74, 6) is 0.624. The molecule has 2 aliphatic carbocycles.